The first-order chi connectivity index (χ1) is 5.61. The van der Waals surface area contributed by atoms with Crippen molar-refractivity contribution in [1.29, 1.82) is 0 Å². The van der Waals surface area contributed by atoms with Crippen LogP contribution in [0.25, 0.3) is 0 Å². The number of aromatic nitrogens is 1. The van der Waals surface area contributed by atoms with Gasteiger partial charge in [0.15, 0.2) is 0 Å². The Balaban J connectivity index is 2.96. The molecule has 63 valence electrons. The highest BCUT2D eigenvalue weighted by Crippen LogP contribution is 2.08. The Morgan fingerprint density at radius 1 is 1.58 bits per heavy atom. The zero-order valence-electron chi connectivity index (χ0n) is 6.84. The van der Waals surface area contributed by atoms with Crippen molar-refractivity contribution in [1.82, 2.24) is 9.88 Å². The van der Waals surface area contributed by atoms with Gasteiger partial charge in [-0.25, -0.2) is 0 Å². The average molecular weight is 184 g/mol. The molecule has 0 fully saturated rings. The van der Waals surface area contributed by atoms with Gasteiger partial charge in [-0.1, -0.05) is 11.6 Å². The number of carbonyl (C=O) groups is 1. The summed E-state index contributed by atoms with van der Waals surface area (Å²) >= 11 is 5.60. The van der Waals surface area contributed by atoms with E-state index in [1.54, 1.807) is 14.1 Å². The van der Waals surface area contributed by atoms with Gasteiger partial charge in [-0.2, -0.15) is 0 Å². The van der Waals surface area contributed by atoms with Gasteiger partial charge >= 0.3 is 0 Å². The summed E-state index contributed by atoms with van der Waals surface area (Å²) in [4.78, 5) is 16.5. The third-order valence-corrected chi connectivity index (χ3v) is 1.47. The van der Waals surface area contributed by atoms with Crippen molar-refractivity contribution in [3.63, 3.8) is 0 Å². The monoisotopic (exact) mass is 183 g/mol. The lowest BCUT2D eigenvalue weighted by Crippen LogP contribution is -2.21. The number of hydrogen-bond acceptors (Lipinski definition) is 2. The highest BCUT2D eigenvalue weighted by molar-refractivity contribution is 6.30. The van der Waals surface area contributed by atoms with Gasteiger partial charge in [-0.15, -0.1) is 0 Å². The lowest BCUT2D eigenvalue weighted by Gasteiger charge is -2.08. The van der Waals surface area contributed by atoms with Crippen LogP contribution in [0.2, 0.25) is 5.02 Å². The second-order valence-electron chi connectivity index (χ2n) is 2.49. The molecule has 0 aliphatic rings. The summed E-state index contributed by atoms with van der Waals surface area (Å²) in [7, 11) is 3.33. The minimum atomic E-state index is -0.148. The molecule has 4 heteroatoms. The van der Waals surface area contributed by atoms with Gasteiger partial charge in [0, 0.05) is 32.6 Å². The predicted molar refractivity (Wildman–Crippen MR) is 46.1 cm³/mol. The molecule has 0 saturated heterocycles. The maximum absolute atomic E-state index is 11.3. The summed E-state index contributed by atoms with van der Waals surface area (Å²) in [6.07, 6.45) is 2.88. The Hall–Kier alpha value is -1.09. The smallest absolute Gasteiger partial charge is 0.255 e. The van der Waals surface area contributed by atoms with Crippen molar-refractivity contribution in [2.75, 3.05) is 14.1 Å². The first kappa shape index (κ1) is 9.00. The second kappa shape index (κ2) is 3.54. The molecule has 0 saturated carbocycles. The largest absolute Gasteiger partial charge is 0.345 e. The van der Waals surface area contributed by atoms with Gasteiger partial charge in [-0.3, -0.25) is 9.78 Å². The zero-order valence-corrected chi connectivity index (χ0v) is 7.59. The number of halogens is 1. The van der Waals surface area contributed by atoms with Gasteiger partial charge in [0.05, 0.1) is 10.6 Å². The second-order valence-corrected chi connectivity index (χ2v) is 2.90. The SMILES string of the molecule is CN(C)C(=O)c1[c]c(Cl)cnc1. The lowest BCUT2D eigenvalue weighted by atomic mass is 10.2. The van der Waals surface area contributed by atoms with E-state index >= 15 is 0 Å². The molecule has 1 amide bonds. The minimum Gasteiger partial charge on any atom is -0.345 e. The van der Waals surface area contributed by atoms with Gasteiger partial charge < -0.3 is 4.90 Å². The fourth-order valence-corrected chi connectivity index (χ4v) is 0.878. The highest BCUT2D eigenvalue weighted by atomic mass is 35.5. The van der Waals surface area contributed by atoms with E-state index in [-0.39, 0.29) is 5.91 Å². The van der Waals surface area contributed by atoms with Gasteiger partial charge in [0.1, 0.15) is 0 Å². The molecule has 0 bridgehead atoms. The Labute approximate surface area is 76.0 Å². The summed E-state index contributed by atoms with van der Waals surface area (Å²) in [5.41, 5.74) is 0.382. The lowest BCUT2D eigenvalue weighted by molar-refractivity contribution is 0.0827. The number of hydrogen-bond donors (Lipinski definition) is 0. The van der Waals surface area contributed by atoms with Crippen molar-refractivity contribution in [3.05, 3.63) is 29.0 Å². The number of pyridine rings is 1. The van der Waals surface area contributed by atoms with Crippen molar-refractivity contribution in [3.8, 4) is 0 Å². The molecule has 0 aromatic carbocycles. The Morgan fingerprint density at radius 3 is 2.75 bits per heavy atom. The fourth-order valence-electron chi connectivity index (χ4n) is 0.720. The van der Waals surface area contributed by atoms with Gasteiger partial charge in [0.25, 0.3) is 5.91 Å². The van der Waals surface area contributed by atoms with Crippen LogP contribution in [0.3, 0.4) is 0 Å². The van der Waals surface area contributed by atoms with Crippen LogP contribution in [-0.2, 0) is 0 Å². The molecular formula is C8H8ClN2O. The van der Waals surface area contributed by atoms with Gasteiger partial charge in [0.2, 0.25) is 0 Å². The number of nitrogens with zero attached hydrogens (tertiary/aromatic N) is 2. The van der Waals surface area contributed by atoms with E-state index in [9.17, 15) is 4.79 Å². The van der Waals surface area contributed by atoms with Crippen LogP contribution in [0.15, 0.2) is 12.4 Å². The Morgan fingerprint density at radius 2 is 2.25 bits per heavy atom. The number of amides is 1. The van der Waals surface area contributed by atoms with E-state index in [0.717, 1.165) is 0 Å². The van der Waals surface area contributed by atoms with E-state index in [0.29, 0.717) is 10.6 Å². The standard InChI is InChI=1S/C8H8ClN2O/c1-11(2)8(12)6-3-7(9)5-10-4-6/h4-5H,1-2H3. The third-order valence-electron chi connectivity index (χ3n) is 1.28. The minimum absolute atomic E-state index is 0.148. The molecular weight excluding hydrogens is 176 g/mol. The molecule has 0 atom stereocenters. The van der Waals surface area contributed by atoms with E-state index in [1.165, 1.54) is 17.3 Å². The van der Waals surface area contributed by atoms with Crippen LogP contribution >= 0.6 is 11.6 Å². The summed E-state index contributed by atoms with van der Waals surface area (Å²) in [6, 6.07) is 2.70. The molecule has 0 aliphatic heterocycles. The number of carbonyl (C=O) groups excluding carboxylic acids is 1. The van der Waals surface area contributed by atoms with Crippen molar-refractivity contribution in [2.45, 2.75) is 0 Å². The van der Waals surface area contributed by atoms with Crippen LogP contribution in [0.5, 0.6) is 0 Å². The number of rotatable bonds is 1. The van der Waals surface area contributed by atoms with Crippen molar-refractivity contribution < 1.29 is 4.79 Å². The van der Waals surface area contributed by atoms with Gasteiger partial charge in [-0.05, 0) is 0 Å². The average Bonchev–Trinajstić information content (AvgIpc) is 2.03. The Bertz CT molecular complexity index is 299. The maximum atomic E-state index is 11.3. The molecule has 0 unspecified atom stereocenters. The molecule has 1 radical (unpaired) electrons. The molecule has 0 spiro atoms. The highest BCUT2D eigenvalue weighted by Gasteiger charge is 2.08. The first-order valence-corrected chi connectivity index (χ1v) is 3.73. The van der Waals surface area contributed by atoms with E-state index in [4.69, 9.17) is 11.6 Å². The molecule has 3 nitrogen and oxygen atoms in total. The molecule has 1 aromatic heterocycles. The van der Waals surface area contributed by atoms with E-state index < -0.39 is 0 Å². The molecule has 0 N–H and O–H groups in total. The maximum Gasteiger partial charge on any atom is 0.255 e. The molecule has 12 heavy (non-hydrogen) atoms. The molecule has 1 heterocycles. The quantitative estimate of drug-likeness (QED) is 0.657. The summed E-state index contributed by atoms with van der Waals surface area (Å²) in [6.45, 7) is 0. The molecule has 0 aliphatic carbocycles. The van der Waals surface area contributed by atoms with Crippen LogP contribution in [0, 0.1) is 6.07 Å². The first-order valence-electron chi connectivity index (χ1n) is 3.35. The van der Waals surface area contributed by atoms with Crippen LogP contribution in [-0.4, -0.2) is 29.9 Å². The van der Waals surface area contributed by atoms with Crippen LogP contribution < -0.4 is 0 Å². The van der Waals surface area contributed by atoms with Crippen molar-refractivity contribution >= 4 is 17.5 Å². The van der Waals surface area contributed by atoms with Crippen LogP contribution in [0.4, 0.5) is 0 Å². The third kappa shape index (κ3) is 1.95. The molecule has 1 aromatic rings. The molecule has 1 rings (SSSR count). The van der Waals surface area contributed by atoms with Crippen molar-refractivity contribution in [2.24, 2.45) is 0 Å². The topological polar surface area (TPSA) is 33.2 Å². The van der Waals surface area contributed by atoms with E-state index in [1.807, 2.05) is 0 Å². The summed E-state index contributed by atoms with van der Waals surface area (Å²) < 4.78 is 0. The predicted octanol–water partition coefficient (Wildman–Crippen LogP) is 1.24. The summed E-state index contributed by atoms with van der Waals surface area (Å²) in [5.74, 6) is -0.148. The normalized spacial score (nSPS) is 9.58. The summed E-state index contributed by atoms with van der Waals surface area (Å²) in [5, 5.41) is 0.350. The zero-order chi connectivity index (χ0) is 9.14. The van der Waals surface area contributed by atoms with Crippen LogP contribution in [0.1, 0.15) is 10.4 Å². The fraction of sp³-hybridized carbons (Fsp3) is 0.250. The Kier molecular flexibility index (Phi) is 2.65. The van der Waals surface area contributed by atoms with E-state index in [2.05, 4.69) is 11.1 Å².